The van der Waals surface area contributed by atoms with Gasteiger partial charge in [-0.3, -0.25) is 5.43 Å². The van der Waals surface area contributed by atoms with Gasteiger partial charge >= 0.3 is 5.63 Å². The summed E-state index contributed by atoms with van der Waals surface area (Å²) in [6.07, 6.45) is 0. The van der Waals surface area contributed by atoms with Crippen LogP contribution in [0, 0.1) is 0 Å². The SMILES string of the molecule is C/C(=N/NC(=S)NCc1ccccc1)c1cc2ccccc2oc1=O. The van der Waals surface area contributed by atoms with Gasteiger partial charge in [0.25, 0.3) is 0 Å². The monoisotopic (exact) mass is 351 g/mol. The van der Waals surface area contributed by atoms with E-state index in [0.717, 1.165) is 10.9 Å². The van der Waals surface area contributed by atoms with Gasteiger partial charge in [0, 0.05) is 11.9 Å². The van der Waals surface area contributed by atoms with Crippen LogP contribution in [-0.2, 0) is 6.54 Å². The number of para-hydroxylation sites is 1. The number of hydrazone groups is 1. The van der Waals surface area contributed by atoms with E-state index in [0.29, 0.717) is 28.5 Å². The largest absolute Gasteiger partial charge is 0.422 e. The molecule has 0 amide bonds. The van der Waals surface area contributed by atoms with Crippen LogP contribution in [0.25, 0.3) is 11.0 Å². The Morgan fingerprint density at radius 1 is 1.12 bits per heavy atom. The molecule has 0 aliphatic rings. The van der Waals surface area contributed by atoms with Crippen LogP contribution in [0.4, 0.5) is 0 Å². The molecule has 5 nitrogen and oxygen atoms in total. The fraction of sp³-hybridized carbons (Fsp3) is 0.105. The summed E-state index contributed by atoms with van der Waals surface area (Å²) in [6.45, 7) is 2.33. The van der Waals surface area contributed by atoms with Crippen molar-refractivity contribution >= 4 is 34.0 Å². The summed E-state index contributed by atoms with van der Waals surface area (Å²) in [5, 5.41) is 8.47. The third-order valence-electron chi connectivity index (χ3n) is 3.65. The van der Waals surface area contributed by atoms with Crippen LogP contribution in [0.5, 0.6) is 0 Å². The summed E-state index contributed by atoms with van der Waals surface area (Å²) in [5.74, 6) is 0. The summed E-state index contributed by atoms with van der Waals surface area (Å²) < 4.78 is 5.31. The summed E-state index contributed by atoms with van der Waals surface area (Å²) >= 11 is 5.20. The van der Waals surface area contributed by atoms with Crippen LogP contribution in [0.3, 0.4) is 0 Å². The van der Waals surface area contributed by atoms with Crippen LogP contribution in [0.2, 0.25) is 0 Å². The average molecular weight is 351 g/mol. The Bertz CT molecular complexity index is 981. The number of fused-ring (bicyclic) bond motifs is 1. The van der Waals surface area contributed by atoms with Crippen LogP contribution < -0.4 is 16.4 Å². The molecule has 0 bridgehead atoms. The highest BCUT2D eigenvalue weighted by molar-refractivity contribution is 7.80. The molecule has 25 heavy (non-hydrogen) atoms. The van der Waals surface area contributed by atoms with Gasteiger partial charge in [0.1, 0.15) is 5.58 Å². The highest BCUT2D eigenvalue weighted by Gasteiger charge is 2.08. The van der Waals surface area contributed by atoms with Crippen molar-refractivity contribution in [2.24, 2.45) is 5.10 Å². The molecular weight excluding hydrogens is 334 g/mol. The van der Waals surface area contributed by atoms with Crippen molar-refractivity contribution in [3.8, 4) is 0 Å². The topological polar surface area (TPSA) is 66.6 Å². The van der Waals surface area contributed by atoms with Crippen LogP contribution in [-0.4, -0.2) is 10.8 Å². The zero-order valence-electron chi connectivity index (χ0n) is 13.7. The second kappa shape index (κ2) is 7.72. The predicted molar refractivity (Wildman–Crippen MR) is 104 cm³/mol. The molecule has 0 saturated heterocycles. The Kier molecular flexibility index (Phi) is 5.20. The number of nitrogens with zero attached hydrogens (tertiary/aromatic N) is 1. The Balaban J connectivity index is 1.68. The van der Waals surface area contributed by atoms with E-state index in [-0.39, 0.29) is 0 Å². The molecule has 0 fully saturated rings. The first kappa shape index (κ1) is 16.9. The second-order valence-electron chi connectivity index (χ2n) is 5.46. The molecule has 0 unspecified atom stereocenters. The number of thiocarbonyl (C=S) groups is 1. The third kappa shape index (κ3) is 4.30. The van der Waals surface area contributed by atoms with Crippen LogP contribution >= 0.6 is 12.2 Å². The smallest absolute Gasteiger partial charge is 0.345 e. The lowest BCUT2D eigenvalue weighted by Gasteiger charge is -2.08. The molecule has 2 aromatic carbocycles. The van der Waals surface area contributed by atoms with Gasteiger partial charge in [0.15, 0.2) is 5.11 Å². The van der Waals surface area contributed by atoms with Gasteiger partial charge in [-0.15, -0.1) is 0 Å². The molecule has 1 heterocycles. The molecule has 0 aliphatic heterocycles. The van der Waals surface area contributed by atoms with Crippen molar-refractivity contribution in [2.75, 3.05) is 0 Å². The minimum absolute atomic E-state index is 0.383. The van der Waals surface area contributed by atoms with Crippen molar-refractivity contribution in [3.63, 3.8) is 0 Å². The van der Waals surface area contributed by atoms with Crippen molar-refractivity contribution in [3.05, 3.63) is 82.2 Å². The number of hydrogen-bond donors (Lipinski definition) is 2. The van der Waals surface area contributed by atoms with E-state index in [1.165, 1.54) is 0 Å². The Hall–Kier alpha value is -2.99. The molecule has 3 rings (SSSR count). The van der Waals surface area contributed by atoms with Crippen molar-refractivity contribution < 1.29 is 4.42 Å². The molecule has 0 atom stereocenters. The third-order valence-corrected chi connectivity index (χ3v) is 3.89. The molecule has 0 radical (unpaired) electrons. The van der Waals surface area contributed by atoms with E-state index in [1.54, 1.807) is 19.1 Å². The fourth-order valence-corrected chi connectivity index (χ4v) is 2.44. The first-order chi connectivity index (χ1) is 12.1. The number of hydrogen-bond acceptors (Lipinski definition) is 4. The summed E-state index contributed by atoms with van der Waals surface area (Å²) in [5.41, 5.74) is 4.90. The zero-order chi connectivity index (χ0) is 17.6. The second-order valence-corrected chi connectivity index (χ2v) is 5.87. The maximum Gasteiger partial charge on any atom is 0.345 e. The van der Waals surface area contributed by atoms with Gasteiger partial charge in [-0.1, -0.05) is 48.5 Å². The lowest BCUT2D eigenvalue weighted by molar-refractivity contribution is 0.559. The molecule has 0 aliphatic carbocycles. The first-order valence-corrected chi connectivity index (χ1v) is 8.19. The Morgan fingerprint density at radius 3 is 2.64 bits per heavy atom. The van der Waals surface area contributed by atoms with Gasteiger partial charge in [0.2, 0.25) is 0 Å². The Labute approximate surface area is 150 Å². The van der Waals surface area contributed by atoms with Crippen molar-refractivity contribution in [2.45, 2.75) is 13.5 Å². The lowest BCUT2D eigenvalue weighted by atomic mass is 10.1. The molecule has 0 spiro atoms. The maximum absolute atomic E-state index is 12.1. The van der Waals surface area contributed by atoms with Gasteiger partial charge in [0.05, 0.1) is 11.3 Å². The van der Waals surface area contributed by atoms with E-state index in [1.807, 2.05) is 48.5 Å². The maximum atomic E-state index is 12.1. The van der Waals surface area contributed by atoms with E-state index in [4.69, 9.17) is 16.6 Å². The average Bonchev–Trinajstić information content (AvgIpc) is 2.64. The number of nitrogens with one attached hydrogen (secondary N) is 2. The van der Waals surface area contributed by atoms with Gasteiger partial charge in [-0.2, -0.15) is 5.10 Å². The Morgan fingerprint density at radius 2 is 1.84 bits per heavy atom. The van der Waals surface area contributed by atoms with Gasteiger partial charge in [-0.05, 0) is 36.8 Å². The van der Waals surface area contributed by atoms with E-state index < -0.39 is 5.63 Å². The quantitative estimate of drug-likeness (QED) is 0.327. The highest BCUT2D eigenvalue weighted by Crippen LogP contribution is 2.12. The molecule has 0 saturated carbocycles. The molecular formula is C19H17N3O2S. The lowest BCUT2D eigenvalue weighted by Crippen LogP contribution is -2.32. The summed E-state index contributed by atoms with van der Waals surface area (Å²) in [7, 11) is 0. The number of rotatable bonds is 4. The number of benzene rings is 2. The van der Waals surface area contributed by atoms with Gasteiger partial charge < -0.3 is 9.73 Å². The molecule has 6 heteroatoms. The molecule has 3 aromatic rings. The van der Waals surface area contributed by atoms with Crippen LogP contribution in [0.15, 0.2) is 75.0 Å². The van der Waals surface area contributed by atoms with Gasteiger partial charge in [-0.25, -0.2) is 4.79 Å². The highest BCUT2D eigenvalue weighted by atomic mass is 32.1. The predicted octanol–water partition coefficient (Wildman–Crippen LogP) is 3.18. The summed E-state index contributed by atoms with van der Waals surface area (Å²) in [4.78, 5) is 12.1. The minimum Gasteiger partial charge on any atom is -0.422 e. The van der Waals surface area contributed by atoms with E-state index >= 15 is 0 Å². The standard InChI is InChI=1S/C19H17N3O2S/c1-13(16-11-15-9-5-6-10-17(15)24-18(16)23)21-22-19(25)20-12-14-7-3-2-4-8-14/h2-11H,12H2,1H3,(H2,20,22,25)/b21-13-. The van der Waals surface area contributed by atoms with Crippen molar-refractivity contribution in [1.29, 1.82) is 0 Å². The molecule has 2 N–H and O–H groups in total. The zero-order valence-corrected chi connectivity index (χ0v) is 14.5. The molecule has 1 aromatic heterocycles. The first-order valence-electron chi connectivity index (χ1n) is 7.79. The minimum atomic E-state index is -0.426. The van der Waals surface area contributed by atoms with E-state index in [2.05, 4.69) is 15.8 Å². The molecule has 126 valence electrons. The van der Waals surface area contributed by atoms with Crippen LogP contribution in [0.1, 0.15) is 18.1 Å². The summed E-state index contributed by atoms with van der Waals surface area (Å²) in [6, 6.07) is 19.0. The fourth-order valence-electron chi connectivity index (χ4n) is 2.33. The van der Waals surface area contributed by atoms with Crippen molar-refractivity contribution in [1.82, 2.24) is 10.7 Å². The van der Waals surface area contributed by atoms with E-state index in [9.17, 15) is 4.79 Å². The normalized spacial score (nSPS) is 11.3.